The average Bonchev–Trinajstić information content (AvgIpc) is 2.63. The smallest absolute Gasteiger partial charge is 0.242 e. The van der Waals surface area contributed by atoms with E-state index < -0.39 is 0 Å². The van der Waals surface area contributed by atoms with E-state index in [0.29, 0.717) is 13.1 Å². The molecule has 1 saturated heterocycles. The molecular formula is C20H19FN2O2. The first kappa shape index (κ1) is 15.8. The first-order valence-corrected chi connectivity index (χ1v) is 8.51. The van der Waals surface area contributed by atoms with Gasteiger partial charge in [-0.3, -0.25) is 9.59 Å². The van der Waals surface area contributed by atoms with Crippen molar-refractivity contribution in [3.63, 3.8) is 0 Å². The Hall–Kier alpha value is -2.69. The largest absolute Gasteiger partial charge is 0.332 e. The number of carbonyl (C=O) groups excluding carboxylic acids is 2. The van der Waals surface area contributed by atoms with Crippen LogP contribution in [-0.4, -0.2) is 41.2 Å². The van der Waals surface area contributed by atoms with Crippen molar-refractivity contribution in [3.8, 4) is 0 Å². The summed E-state index contributed by atoms with van der Waals surface area (Å²) in [5, 5.41) is 0. The molecule has 0 aromatic heterocycles. The van der Waals surface area contributed by atoms with Crippen LogP contribution in [0.2, 0.25) is 0 Å². The van der Waals surface area contributed by atoms with Crippen molar-refractivity contribution in [1.82, 2.24) is 9.80 Å². The molecular weight excluding hydrogens is 319 g/mol. The lowest BCUT2D eigenvalue weighted by atomic mass is 9.90. The number of piperazine rings is 1. The van der Waals surface area contributed by atoms with Crippen LogP contribution in [0, 0.1) is 5.82 Å². The second kappa shape index (κ2) is 6.31. The molecule has 1 fully saturated rings. The van der Waals surface area contributed by atoms with Crippen LogP contribution >= 0.6 is 0 Å². The summed E-state index contributed by atoms with van der Waals surface area (Å²) < 4.78 is 13.0. The standard InChI is InChI=1S/C20H19FN2O2/c21-16-7-5-14(6-8-16)11-19(24)22-12-18-17-4-2-1-3-15(17)9-10-23(18)20(25)13-22/h1-8,18H,9-13H2. The van der Waals surface area contributed by atoms with E-state index in [9.17, 15) is 14.0 Å². The zero-order chi connectivity index (χ0) is 17.4. The van der Waals surface area contributed by atoms with Gasteiger partial charge >= 0.3 is 0 Å². The fourth-order valence-electron chi connectivity index (χ4n) is 3.75. The molecule has 0 N–H and O–H groups in total. The summed E-state index contributed by atoms with van der Waals surface area (Å²) in [6, 6.07) is 14.0. The number of fused-ring (bicyclic) bond motifs is 3. The molecule has 2 amide bonds. The zero-order valence-corrected chi connectivity index (χ0v) is 13.8. The molecule has 0 spiro atoms. The van der Waals surface area contributed by atoms with Crippen LogP contribution in [-0.2, 0) is 22.4 Å². The predicted molar refractivity (Wildman–Crippen MR) is 91.3 cm³/mol. The first-order chi connectivity index (χ1) is 12.1. The van der Waals surface area contributed by atoms with E-state index in [1.54, 1.807) is 17.0 Å². The highest BCUT2D eigenvalue weighted by atomic mass is 19.1. The third kappa shape index (κ3) is 3.02. The third-order valence-electron chi connectivity index (χ3n) is 5.07. The van der Waals surface area contributed by atoms with Gasteiger partial charge in [-0.25, -0.2) is 4.39 Å². The molecule has 0 aliphatic carbocycles. The molecule has 4 rings (SSSR count). The van der Waals surface area contributed by atoms with Gasteiger partial charge in [-0.15, -0.1) is 0 Å². The summed E-state index contributed by atoms with van der Waals surface area (Å²) in [7, 11) is 0. The Bertz CT molecular complexity index is 819. The lowest BCUT2D eigenvalue weighted by molar-refractivity contribution is -0.149. The number of rotatable bonds is 2. The monoisotopic (exact) mass is 338 g/mol. The number of amides is 2. The van der Waals surface area contributed by atoms with Crippen LogP contribution in [0.25, 0.3) is 0 Å². The Kier molecular flexibility index (Phi) is 3.99. The van der Waals surface area contributed by atoms with E-state index in [1.807, 2.05) is 23.1 Å². The molecule has 1 unspecified atom stereocenters. The Morgan fingerprint density at radius 2 is 1.88 bits per heavy atom. The molecule has 2 aliphatic heterocycles. The van der Waals surface area contributed by atoms with Gasteiger partial charge in [0.1, 0.15) is 5.82 Å². The molecule has 128 valence electrons. The summed E-state index contributed by atoms with van der Waals surface area (Å²) in [5.41, 5.74) is 3.15. The van der Waals surface area contributed by atoms with Crippen molar-refractivity contribution in [3.05, 3.63) is 71.0 Å². The topological polar surface area (TPSA) is 40.6 Å². The van der Waals surface area contributed by atoms with Gasteiger partial charge in [0.05, 0.1) is 19.0 Å². The maximum absolute atomic E-state index is 13.0. The number of halogens is 1. The van der Waals surface area contributed by atoms with Crippen molar-refractivity contribution in [2.24, 2.45) is 0 Å². The van der Waals surface area contributed by atoms with Crippen molar-refractivity contribution >= 4 is 11.8 Å². The summed E-state index contributed by atoms with van der Waals surface area (Å²) >= 11 is 0. The van der Waals surface area contributed by atoms with Crippen molar-refractivity contribution in [1.29, 1.82) is 0 Å². The van der Waals surface area contributed by atoms with Gasteiger partial charge in [0, 0.05) is 13.1 Å². The molecule has 25 heavy (non-hydrogen) atoms. The molecule has 0 radical (unpaired) electrons. The molecule has 5 heteroatoms. The molecule has 2 heterocycles. The predicted octanol–water partition coefficient (Wildman–Crippen LogP) is 2.34. The lowest BCUT2D eigenvalue weighted by Crippen LogP contribution is -2.55. The van der Waals surface area contributed by atoms with Crippen LogP contribution in [0.5, 0.6) is 0 Å². The van der Waals surface area contributed by atoms with Gasteiger partial charge in [-0.2, -0.15) is 0 Å². The lowest BCUT2D eigenvalue weighted by Gasteiger charge is -2.44. The molecule has 2 aliphatic rings. The van der Waals surface area contributed by atoms with E-state index >= 15 is 0 Å². The van der Waals surface area contributed by atoms with E-state index in [2.05, 4.69) is 6.07 Å². The number of carbonyl (C=O) groups is 2. The summed E-state index contributed by atoms with van der Waals surface area (Å²) in [5.74, 6) is -0.417. The Labute approximate surface area is 145 Å². The third-order valence-corrected chi connectivity index (χ3v) is 5.07. The minimum atomic E-state index is -0.321. The maximum Gasteiger partial charge on any atom is 0.242 e. The molecule has 0 saturated carbocycles. The highest BCUT2D eigenvalue weighted by molar-refractivity contribution is 5.87. The van der Waals surface area contributed by atoms with Crippen LogP contribution in [0.15, 0.2) is 48.5 Å². The van der Waals surface area contributed by atoms with Gasteiger partial charge in [0.15, 0.2) is 0 Å². The fourth-order valence-corrected chi connectivity index (χ4v) is 3.75. The highest BCUT2D eigenvalue weighted by Gasteiger charge is 2.38. The quantitative estimate of drug-likeness (QED) is 0.843. The second-order valence-electron chi connectivity index (χ2n) is 6.63. The van der Waals surface area contributed by atoms with E-state index in [4.69, 9.17) is 0 Å². The molecule has 4 nitrogen and oxygen atoms in total. The minimum Gasteiger partial charge on any atom is -0.332 e. The second-order valence-corrected chi connectivity index (χ2v) is 6.63. The normalized spacial score (nSPS) is 19.4. The Morgan fingerprint density at radius 1 is 1.12 bits per heavy atom. The van der Waals surface area contributed by atoms with Gasteiger partial charge in [-0.05, 0) is 35.2 Å². The Balaban J connectivity index is 1.54. The molecule has 2 aromatic rings. The number of benzene rings is 2. The van der Waals surface area contributed by atoms with Crippen molar-refractivity contribution < 1.29 is 14.0 Å². The Morgan fingerprint density at radius 3 is 2.68 bits per heavy atom. The van der Waals surface area contributed by atoms with Crippen LogP contribution < -0.4 is 0 Å². The average molecular weight is 338 g/mol. The molecule has 0 bridgehead atoms. The maximum atomic E-state index is 13.0. The summed E-state index contributed by atoms with van der Waals surface area (Å²) in [6.07, 6.45) is 1.05. The van der Waals surface area contributed by atoms with E-state index in [1.165, 1.54) is 17.7 Å². The summed E-state index contributed by atoms with van der Waals surface area (Å²) in [6.45, 7) is 1.35. The van der Waals surface area contributed by atoms with E-state index in [-0.39, 0.29) is 36.6 Å². The number of nitrogens with zero attached hydrogens (tertiary/aromatic N) is 2. The molecule has 1 atom stereocenters. The minimum absolute atomic E-state index is 0.00166. The van der Waals surface area contributed by atoms with E-state index in [0.717, 1.165) is 17.5 Å². The van der Waals surface area contributed by atoms with Crippen molar-refractivity contribution in [2.45, 2.75) is 18.9 Å². The number of hydrogen-bond acceptors (Lipinski definition) is 2. The van der Waals surface area contributed by atoms with Gasteiger partial charge < -0.3 is 9.80 Å². The molecule has 2 aromatic carbocycles. The van der Waals surface area contributed by atoms with Crippen LogP contribution in [0.1, 0.15) is 22.7 Å². The van der Waals surface area contributed by atoms with Gasteiger partial charge in [0.2, 0.25) is 11.8 Å². The zero-order valence-electron chi connectivity index (χ0n) is 13.8. The highest BCUT2D eigenvalue weighted by Crippen LogP contribution is 2.33. The number of hydrogen-bond donors (Lipinski definition) is 0. The van der Waals surface area contributed by atoms with Gasteiger partial charge in [-0.1, -0.05) is 36.4 Å². The van der Waals surface area contributed by atoms with Crippen LogP contribution in [0.3, 0.4) is 0 Å². The van der Waals surface area contributed by atoms with Gasteiger partial charge in [0.25, 0.3) is 0 Å². The SMILES string of the molecule is O=C(Cc1ccc(F)cc1)N1CC(=O)N2CCc3ccccc3C2C1. The van der Waals surface area contributed by atoms with Crippen molar-refractivity contribution in [2.75, 3.05) is 19.6 Å². The van der Waals surface area contributed by atoms with Crippen LogP contribution in [0.4, 0.5) is 4.39 Å². The first-order valence-electron chi connectivity index (χ1n) is 8.51. The fraction of sp³-hybridized carbons (Fsp3) is 0.300. The summed E-state index contributed by atoms with van der Waals surface area (Å²) in [4.78, 5) is 28.7.